The highest BCUT2D eigenvalue weighted by Crippen LogP contribution is 2.35. The lowest BCUT2D eigenvalue weighted by Crippen LogP contribution is -2.04. The third-order valence-electron chi connectivity index (χ3n) is 7.02. The summed E-state index contributed by atoms with van der Waals surface area (Å²) in [7, 11) is 1.38. The van der Waals surface area contributed by atoms with Crippen molar-refractivity contribution >= 4 is 49.6 Å². The number of benzene rings is 2. The number of esters is 1. The predicted molar refractivity (Wildman–Crippen MR) is 149 cm³/mol. The zero-order chi connectivity index (χ0) is 25.8. The van der Waals surface area contributed by atoms with Gasteiger partial charge in [-0.2, -0.15) is 0 Å². The van der Waals surface area contributed by atoms with Gasteiger partial charge in [-0.25, -0.2) is 14.8 Å². The van der Waals surface area contributed by atoms with E-state index in [9.17, 15) is 4.79 Å². The van der Waals surface area contributed by atoms with Gasteiger partial charge in [0.1, 0.15) is 0 Å². The Morgan fingerprint density at radius 1 is 0.658 bits per heavy atom. The Morgan fingerprint density at radius 3 is 1.66 bits per heavy atom. The van der Waals surface area contributed by atoms with Crippen LogP contribution < -0.4 is 0 Å². The lowest BCUT2D eigenvalue weighted by atomic mass is 10.0. The molecule has 2 aromatic carbocycles. The van der Waals surface area contributed by atoms with Crippen LogP contribution in [0.2, 0.25) is 0 Å². The Morgan fingerprint density at radius 2 is 1.13 bits per heavy atom. The molecular weight excluding hydrogens is 474 g/mol. The van der Waals surface area contributed by atoms with Gasteiger partial charge in [-0.05, 0) is 36.8 Å². The van der Waals surface area contributed by atoms with Crippen LogP contribution in [0, 0.1) is 6.92 Å². The molecule has 0 fully saturated rings. The number of aromatic nitrogens is 5. The topological polar surface area (TPSA) is 93.7 Å². The van der Waals surface area contributed by atoms with Gasteiger partial charge in [-0.1, -0.05) is 48.5 Å². The van der Waals surface area contributed by atoms with Crippen LogP contribution in [0.3, 0.4) is 0 Å². The molecular formula is C31H21N5O2. The third kappa shape index (κ3) is 3.33. The van der Waals surface area contributed by atoms with Gasteiger partial charge in [0.15, 0.2) is 0 Å². The van der Waals surface area contributed by atoms with E-state index in [1.54, 1.807) is 12.4 Å². The summed E-state index contributed by atoms with van der Waals surface area (Å²) in [6.07, 6.45) is 3.53. The molecule has 0 bridgehead atoms. The van der Waals surface area contributed by atoms with Crippen molar-refractivity contribution in [2.45, 2.75) is 6.92 Å². The number of aromatic amines is 1. The van der Waals surface area contributed by atoms with E-state index in [4.69, 9.17) is 14.7 Å². The first-order valence-corrected chi connectivity index (χ1v) is 12.2. The molecule has 0 unspecified atom stereocenters. The molecule has 7 nitrogen and oxygen atoms in total. The van der Waals surface area contributed by atoms with E-state index in [0.717, 1.165) is 54.9 Å². The molecule has 0 aliphatic heterocycles. The van der Waals surface area contributed by atoms with E-state index in [0.29, 0.717) is 22.6 Å². The number of H-pyrrole nitrogens is 1. The van der Waals surface area contributed by atoms with Gasteiger partial charge in [0, 0.05) is 33.9 Å². The highest BCUT2D eigenvalue weighted by Gasteiger charge is 2.25. The normalized spacial score (nSPS) is 11.5. The second-order valence-corrected chi connectivity index (χ2v) is 9.18. The minimum Gasteiger partial charge on any atom is -0.465 e. The average Bonchev–Trinajstić information content (AvgIpc) is 3.32. The van der Waals surface area contributed by atoms with E-state index >= 15 is 0 Å². The van der Waals surface area contributed by atoms with Gasteiger partial charge in [0.05, 0.1) is 57.5 Å². The number of rotatable bonds is 3. The molecule has 0 saturated carbocycles. The molecule has 0 radical (unpaired) electrons. The lowest BCUT2D eigenvalue weighted by Gasteiger charge is -2.07. The first-order valence-electron chi connectivity index (χ1n) is 12.2. The van der Waals surface area contributed by atoms with Gasteiger partial charge in [0.25, 0.3) is 0 Å². The number of nitrogens with one attached hydrogen (secondary N) is 1. The molecule has 0 saturated heterocycles. The Balaban J connectivity index is 1.47. The van der Waals surface area contributed by atoms with Crippen molar-refractivity contribution in [3.63, 3.8) is 0 Å². The molecule has 7 heteroatoms. The minimum absolute atomic E-state index is 0.431. The molecule has 5 aromatic heterocycles. The van der Waals surface area contributed by atoms with Crippen LogP contribution in [-0.4, -0.2) is 38.0 Å². The predicted octanol–water partition coefficient (Wildman–Crippen LogP) is 6.64. The Bertz CT molecular complexity index is 2060. The number of pyridine rings is 4. The third-order valence-corrected chi connectivity index (χ3v) is 7.02. The first kappa shape index (κ1) is 22.1. The highest BCUT2D eigenvalue weighted by atomic mass is 16.5. The van der Waals surface area contributed by atoms with Gasteiger partial charge in [0.2, 0.25) is 0 Å². The quantitative estimate of drug-likeness (QED) is 0.218. The molecule has 5 heterocycles. The fourth-order valence-electron chi connectivity index (χ4n) is 5.13. The van der Waals surface area contributed by atoms with E-state index in [2.05, 4.69) is 15.0 Å². The lowest BCUT2D eigenvalue weighted by molar-refractivity contribution is 0.0601. The molecule has 7 rings (SSSR count). The summed E-state index contributed by atoms with van der Waals surface area (Å²) in [6, 6.07) is 23.9. The summed E-state index contributed by atoms with van der Waals surface area (Å²) in [6.45, 7) is 1.90. The summed E-state index contributed by atoms with van der Waals surface area (Å²) in [5.74, 6) is -0.439. The summed E-state index contributed by atoms with van der Waals surface area (Å²) in [5, 5.41) is 3.99. The number of hydrogen-bond acceptors (Lipinski definition) is 6. The standard InChI is InChI=1S/C31H21N5O2/c1-17-24(31(37)38-2)30(23-14-12-21-10-8-19-6-4-16-33-27(19)29(21)35-23)36-25(17)22-13-11-20-9-7-18-5-3-15-32-26(18)28(20)34-22/h3-16,36H,1-2H3. The van der Waals surface area contributed by atoms with E-state index in [1.165, 1.54) is 7.11 Å². The van der Waals surface area contributed by atoms with Crippen molar-refractivity contribution in [2.75, 3.05) is 7.11 Å². The summed E-state index contributed by atoms with van der Waals surface area (Å²) in [5.41, 5.74) is 7.03. The van der Waals surface area contributed by atoms with Crippen LogP contribution in [-0.2, 0) is 4.74 Å². The van der Waals surface area contributed by atoms with Crippen molar-refractivity contribution in [3.05, 3.63) is 96.3 Å². The molecule has 0 atom stereocenters. The zero-order valence-electron chi connectivity index (χ0n) is 20.7. The molecule has 0 amide bonds. The number of nitrogens with zero attached hydrogens (tertiary/aromatic N) is 4. The van der Waals surface area contributed by atoms with Gasteiger partial charge >= 0.3 is 5.97 Å². The van der Waals surface area contributed by atoms with Gasteiger partial charge in [-0.3, -0.25) is 9.97 Å². The van der Waals surface area contributed by atoms with Crippen LogP contribution in [0.1, 0.15) is 15.9 Å². The Labute approximate surface area is 217 Å². The smallest absolute Gasteiger partial charge is 0.340 e. The van der Waals surface area contributed by atoms with Crippen LogP contribution in [0.5, 0.6) is 0 Å². The number of ether oxygens (including phenoxy) is 1. The van der Waals surface area contributed by atoms with Crippen LogP contribution in [0.4, 0.5) is 0 Å². The van der Waals surface area contributed by atoms with Crippen molar-refractivity contribution in [1.29, 1.82) is 0 Å². The molecule has 0 aliphatic rings. The van der Waals surface area contributed by atoms with Crippen LogP contribution in [0.15, 0.2) is 85.2 Å². The number of methoxy groups -OCH3 is 1. The van der Waals surface area contributed by atoms with Crippen molar-refractivity contribution in [2.24, 2.45) is 0 Å². The van der Waals surface area contributed by atoms with Gasteiger partial charge < -0.3 is 9.72 Å². The molecule has 38 heavy (non-hydrogen) atoms. The Hall–Kier alpha value is -5.17. The van der Waals surface area contributed by atoms with E-state index in [1.807, 2.05) is 79.7 Å². The van der Waals surface area contributed by atoms with Crippen LogP contribution in [0.25, 0.3) is 66.4 Å². The summed E-state index contributed by atoms with van der Waals surface area (Å²) in [4.78, 5) is 35.6. The maximum absolute atomic E-state index is 13.0. The van der Waals surface area contributed by atoms with Gasteiger partial charge in [-0.15, -0.1) is 0 Å². The number of fused-ring (bicyclic) bond motifs is 6. The first-order chi connectivity index (χ1) is 18.6. The second kappa shape index (κ2) is 8.45. The SMILES string of the molecule is COC(=O)c1c(-c2ccc3ccc4cccnc4c3n2)[nH]c(-c2ccc3ccc4cccnc4c3n2)c1C. The highest BCUT2D eigenvalue weighted by molar-refractivity contribution is 6.06. The number of hydrogen-bond donors (Lipinski definition) is 1. The van der Waals surface area contributed by atoms with E-state index < -0.39 is 5.97 Å². The second-order valence-electron chi connectivity index (χ2n) is 9.18. The summed E-state index contributed by atoms with van der Waals surface area (Å²) >= 11 is 0. The fraction of sp³-hybridized carbons (Fsp3) is 0.0645. The zero-order valence-corrected chi connectivity index (χ0v) is 20.7. The van der Waals surface area contributed by atoms with Crippen LogP contribution >= 0.6 is 0 Å². The largest absolute Gasteiger partial charge is 0.465 e. The molecule has 0 aliphatic carbocycles. The number of carbonyl (C=O) groups is 1. The fourth-order valence-corrected chi connectivity index (χ4v) is 5.13. The molecule has 1 N–H and O–H groups in total. The van der Waals surface area contributed by atoms with Crippen molar-refractivity contribution in [1.82, 2.24) is 24.9 Å². The number of carbonyl (C=O) groups excluding carboxylic acids is 1. The van der Waals surface area contributed by atoms with Crippen molar-refractivity contribution < 1.29 is 9.53 Å². The summed E-state index contributed by atoms with van der Waals surface area (Å²) < 4.78 is 5.18. The molecule has 7 aromatic rings. The molecule has 0 spiro atoms. The monoisotopic (exact) mass is 495 g/mol. The van der Waals surface area contributed by atoms with Crippen molar-refractivity contribution in [3.8, 4) is 22.8 Å². The maximum atomic E-state index is 13.0. The minimum atomic E-state index is -0.439. The maximum Gasteiger partial charge on any atom is 0.340 e. The molecule has 182 valence electrons. The Kier molecular flexibility index (Phi) is 4.91. The van der Waals surface area contributed by atoms with E-state index in [-0.39, 0.29) is 0 Å². The average molecular weight is 496 g/mol.